The number of nitrogens with zero attached hydrogens (tertiary/aromatic N) is 1. The minimum atomic E-state index is -1.14. The van der Waals surface area contributed by atoms with Gasteiger partial charge >= 0.3 is 6.03 Å². The van der Waals surface area contributed by atoms with Gasteiger partial charge in [-0.1, -0.05) is 26.0 Å². The zero-order valence-electron chi connectivity index (χ0n) is 13.4. The van der Waals surface area contributed by atoms with Crippen molar-refractivity contribution in [1.29, 1.82) is 0 Å². The molecule has 0 aliphatic carbocycles. The Morgan fingerprint density at radius 1 is 1.45 bits per heavy atom. The first kappa shape index (κ1) is 17.0. The van der Waals surface area contributed by atoms with Crippen LogP contribution in [-0.2, 0) is 15.5 Å². The highest BCUT2D eigenvalue weighted by Crippen LogP contribution is 2.21. The first-order valence-electron chi connectivity index (χ1n) is 7.57. The maximum atomic E-state index is 12.6. The molecule has 1 aromatic rings. The van der Waals surface area contributed by atoms with Gasteiger partial charge in [-0.25, -0.2) is 4.79 Å². The zero-order valence-corrected chi connectivity index (χ0v) is 14.2. The van der Waals surface area contributed by atoms with E-state index in [2.05, 4.69) is 19.2 Å². The van der Waals surface area contributed by atoms with Crippen LogP contribution in [0.4, 0.5) is 10.5 Å². The molecule has 2 atom stereocenters. The maximum absolute atomic E-state index is 12.6. The molecule has 1 aliphatic rings. The van der Waals surface area contributed by atoms with Crippen LogP contribution in [0.25, 0.3) is 0 Å². The van der Waals surface area contributed by atoms with Gasteiger partial charge in [0.15, 0.2) is 0 Å². The van der Waals surface area contributed by atoms with Crippen molar-refractivity contribution in [2.24, 2.45) is 5.92 Å². The fourth-order valence-corrected chi connectivity index (χ4v) is 3.37. The number of carbonyl (C=O) groups excluding carboxylic acids is 1. The van der Waals surface area contributed by atoms with E-state index >= 15 is 0 Å². The average molecular weight is 324 g/mol. The lowest BCUT2D eigenvalue weighted by atomic mass is 10.0. The van der Waals surface area contributed by atoms with E-state index in [-0.39, 0.29) is 12.1 Å². The van der Waals surface area contributed by atoms with Gasteiger partial charge in [-0.3, -0.25) is 4.21 Å². The Kier molecular flexibility index (Phi) is 5.97. The Morgan fingerprint density at radius 2 is 2.18 bits per heavy atom. The summed E-state index contributed by atoms with van der Waals surface area (Å²) in [4.78, 5) is 15.1. The van der Waals surface area contributed by atoms with E-state index in [1.807, 2.05) is 17.0 Å². The van der Waals surface area contributed by atoms with Gasteiger partial charge in [0.25, 0.3) is 0 Å². The number of morpholine rings is 1. The molecule has 1 saturated heterocycles. The summed E-state index contributed by atoms with van der Waals surface area (Å²) in [6.07, 6.45) is 2.52. The lowest BCUT2D eigenvalue weighted by Crippen LogP contribution is -2.50. The Labute approximate surface area is 134 Å². The van der Waals surface area contributed by atoms with Crippen molar-refractivity contribution in [2.75, 3.05) is 31.3 Å². The number of nitrogens with one attached hydrogen (secondary N) is 1. The number of hydrogen-bond donors (Lipinski definition) is 1. The summed E-state index contributed by atoms with van der Waals surface area (Å²) in [7, 11) is -1.14. The molecule has 2 amide bonds. The van der Waals surface area contributed by atoms with E-state index in [1.165, 1.54) is 0 Å². The summed E-state index contributed by atoms with van der Waals surface area (Å²) in [5.41, 5.74) is 0.614. The third-order valence-electron chi connectivity index (χ3n) is 3.67. The van der Waals surface area contributed by atoms with E-state index in [0.717, 1.165) is 6.42 Å². The number of para-hydroxylation sites is 1. The Hall–Kier alpha value is -1.40. The minimum Gasteiger partial charge on any atom is -0.377 e. The van der Waals surface area contributed by atoms with Gasteiger partial charge in [0.1, 0.15) is 0 Å². The van der Waals surface area contributed by atoms with Crippen molar-refractivity contribution in [3.8, 4) is 0 Å². The molecule has 1 aliphatic heterocycles. The van der Waals surface area contributed by atoms with Crippen LogP contribution >= 0.6 is 0 Å². The van der Waals surface area contributed by atoms with Crippen LogP contribution in [-0.4, -0.2) is 47.2 Å². The molecule has 0 unspecified atom stereocenters. The second kappa shape index (κ2) is 7.74. The normalized spacial score (nSPS) is 20.0. The molecule has 1 N–H and O–H groups in total. The molecule has 1 fully saturated rings. The highest BCUT2D eigenvalue weighted by atomic mass is 32.2. The van der Waals surface area contributed by atoms with Gasteiger partial charge in [0.05, 0.1) is 40.6 Å². The second-order valence-electron chi connectivity index (χ2n) is 5.93. The number of anilines is 1. The van der Waals surface area contributed by atoms with Crippen LogP contribution in [0.1, 0.15) is 20.3 Å². The maximum Gasteiger partial charge on any atom is 0.322 e. The van der Waals surface area contributed by atoms with Crippen molar-refractivity contribution < 1.29 is 13.7 Å². The number of hydrogen-bond acceptors (Lipinski definition) is 3. The molecule has 1 heterocycles. The predicted octanol–water partition coefficient (Wildman–Crippen LogP) is 2.70. The number of urea groups is 1. The molecule has 22 heavy (non-hydrogen) atoms. The van der Waals surface area contributed by atoms with Crippen molar-refractivity contribution in [3.05, 3.63) is 24.3 Å². The molecule has 0 spiro atoms. The molecule has 2 rings (SSSR count). The average Bonchev–Trinajstić information content (AvgIpc) is 2.47. The predicted molar refractivity (Wildman–Crippen MR) is 88.6 cm³/mol. The molecule has 0 aromatic heterocycles. The van der Waals surface area contributed by atoms with E-state index in [1.54, 1.807) is 18.4 Å². The minimum absolute atomic E-state index is 0.0908. The third kappa shape index (κ3) is 4.30. The smallest absolute Gasteiger partial charge is 0.322 e. The van der Waals surface area contributed by atoms with Crippen LogP contribution in [0.15, 0.2) is 29.2 Å². The summed E-state index contributed by atoms with van der Waals surface area (Å²) >= 11 is 0. The van der Waals surface area contributed by atoms with Gasteiger partial charge in [-0.15, -0.1) is 0 Å². The van der Waals surface area contributed by atoms with E-state index < -0.39 is 10.8 Å². The molecule has 6 heteroatoms. The van der Waals surface area contributed by atoms with E-state index in [9.17, 15) is 9.00 Å². The second-order valence-corrected chi connectivity index (χ2v) is 7.28. The van der Waals surface area contributed by atoms with Gasteiger partial charge in [-0.05, 0) is 24.5 Å². The molecule has 5 nitrogen and oxygen atoms in total. The van der Waals surface area contributed by atoms with Gasteiger partial charge in [-0.2, -0.15) is 0 Å². The summed E-state index contributed by atoms with van der Waals surface area (Å²) in [5, 5.41) is 2.90. The van der Waals surface area contributed by atoms with Gasteiger partial charge in [0.2, 0.25) is 0 Å². The van der Waals surface area contributed by atoms with Gasteiger partial charge in [0, 0.05) is 12.8 Å². The molecule has 0 bridgehead atoms. The summed E-state index contributed by atoms with van der Waals surface area (Å²) < 4.78 is 17.3. The number of amides is 2. The van der Waals surface area contributed by atoms with Crippen LogP contribution < -0.4 is 5.32 Å². The monoisotopic (exact) mass is 324 g/mol. The summed E-state index contributed by atoms with van der Waals surface area (Å²) in [6.45, 7) is 6.00. The van der Waals surface area contributed by atoms with Crippen molar-refractivity contribution in [2.45, 2.75) is 31.2 Å². The van der Waals surface area contributed by atoms with Crippen LogP contribution in [0.2, 0.25) is 0 Å². The van der Waals surface area contributed by atoms with Crippen molar-refractivity contribution in [1.82, 2.24) is 4.90 Å². The zero-order chi connectivity index (χ0) is 16.1. The highest BCUT2D eigenvalue weighted by Gasteiger charge is 2.28. The standard InChI is InChI=1S/C16H24N2O3S/c1-12(2)10-13-11-21-9-8-18(13)16(19)17-14-6-4-5-7-15(14)22(3)20/h4-7,12-13H,8-11H2,1-3H3,(H,17,19)/t13-,22-/m1/s1. The number of carbonyl (C=O) groups is 1. The highest BCUT2D eigenvalue weighted by molar-refractivity contribution is 7.84. The quantitative estimate of drug-likeness (QED) is 0.926. The van der Waals surface area contributed by atoms with Crippen molar-refractivity contribution >= 4 is 22.5 Å². The van der Waals surface area contributed by atoms with Crippen molar-refractivity contribution in [3.63, 3.8) is 0 Å². The first-order valence-corrected chi connectivity index (χ1v) is 9.12. The van der Waals surface area contributed by atoms with E-state index in [4.69, 9.17) is 4.74 Å². The SMILES string of the molecule is CC(C)C[C@@H]1COCCN1C(=O)Nc1ccccc1[S@@](C)=O. The number of rotatable bonds is 4. The fourth-order valence-electron chi connectivity index (χ4n) is 2.67. The van der Waals surface area contributed by atoms with Crippen LogP contribution in [0.5, 0.6) is 0 Å². The topological polar surface area (TPSA) is 58.6 Å². The fraction of sp³-hybridized carbons (Fsp3) is 0.562. The molecule has 1 aromatic carbocycles. The van der Waals surface area contributed by atoms with E-state index in [0.29, 0.717) is 36.3 Å². The third-order valence-corrected chi connectivity index (χ3v) is 4.65. The lowest BCUT2D eigenvalue weighted by Gasteiger charge is -2.36. The largest absolute Gasteiger partial charge is 0.377 e. The summed E-state index contributed by atoms with van der Waals surface area (Å²) in [5.74, 6) is 0.498. The Balaban J connectivity index is 2.12. The van der Waals surface area contributed by atoms with Crippen LogP contribution in [0.3, 0.4) is 0 Å². The molecular formula is C16H24N2O3S. The first-order chi connectivity index (χ1) is 10.5. The Bertz CT molecular complexity index is 548. The lowest BCUT2D eigenvalue weighted by molar-refractivity contribution is 0.00856. The molecule has 0 saturated carbocycles. The number of ether oxygens (including phenoxy) is 1. The van der Waals surface area contributed by atoms with Crippen LogP contribution in [0, 0.1) is 5.92 Å². The molecule has 122 valence electrons. The molecule has 0 radical (unpaired) electrons. The van der Waals surface area contributed by atoms with Gasteiger partial charge < -0.3 is 15.0 Å². The Morgan fingerprint density at radius 3 is 2.86 bits per heavy atom. The summed E-state index contributed by atoms with van der Waals surface area (Å²) in [6, 6.07) is 7.16. The molecular weight excluding hydrogens is 300 g/mol. The number of benzene rings is 1.